The molecule has 6 heteroatoms. The predicted octanol–water partition coefficient (Wildman–Crippen LogP) is -0.242. The van der Waals surface area contributed by atoms with Crippen molar-refractivity contribution in [3.63, 3.8) is 0 Å². The first-order chi connectivity index (χ1) is 5.29. The van der Waals surface area contributed by atoms with E-state index in [9.17, 15) is 4.79 Å². The van der Waals surface area contributed by atoms with Crippen LogP contribution in [0.15, 0.2) is 17.4 Å². The van der Waals surface area contributed by atoms with E-state index >= 15 is 0 Å². The van der Waals surface area contributed by atoms with E-state index in [4.69, 9.17) is 0 Å². The lowest BCUT2D eigenvalue weighted by Gasteiger charge is -1.89. The first-order valence-electron chi connectivity index (χ1n) is 2.95. The maximum absolute atomic E-state index is 11.0. The van der Waals surface area contributed by atoms with Gasteiger partial charge in [-0.2, -0.15) is 4.98 Å². The number of imidazole rings is 1. The van der Waals surface area contributed by atoms with Crippen molar-refractivity contribution < 1.29 is 0 Å². The maximum Gasteiger partial charge on any atom is 0.300 e. The molecule has 0 amide bonds. The van der Waals surface area contributed by atoms with Gasteiger partial charge in [0.1, 0.15) is 12.0 Å². The number of H-pyrrole nitrogens is 1. The molecule has 2 heterocycles. The van der Waals surface area contributed by atoms with Gasteiger partial charge in [0.25, 0.3) is 0 Å². The molecule has 5 nitrogen and oxygen atoms in total. The van der Waals surface area contributed by atoms with Gasteiger partial charge >= 0.3 is 5.56 Å². The second kappa shape index (κ2) is 2.13. The van der Waals surface area contributed by atoms with E-state index in [1.807, 2.05) is 0 Å². The molecule has 0 aliphatic heterocycles. The van der Waals surface area contributed by atoms with Crippen LogP contribution in [0.5, 0.6) is 0 Å². The molecule has 2 aromatic heterocycles. The zero-order valence-electron chi connectivity index (χ0n) is 5.48. The standard InChI is InChI=1S/C5H5N4OP/c10-5-3-4(6-1-7-5)9(11)2-8-3/h1-2H,11H2,(H,6,7,10). The molecular formula is C5H5N4OP. The van der Waals surface area contributed by atoms with Gasteiger partial charge in [-0.05, 0) is 9.39 Å². The fourth-order valence-electron chi connectivity index (χ4n) is 0.874. The van der Waals surface area contributed by atoms with E-state index in [2.05, 4.69) is 24.3 Å². The summed E-state index contributed by atoms with van der Waals surface area (Å²) >= 11 is 0. The average Bonchev–Trinajstić information content (AvgIpc) is 2.35. The summed E-state index contributed by atoms with van der Waals surface area (Å²) in [6.45, 7) is 0. The summed E-state index contributed by atoms with van der Waals surface area (Å²) in [6.07, 6.45) is 2.89. The molecule has 11 heavy (non-hydrogen) atoms. The highest BCUT2D eigenvalue weighted by Gasteiger charge is 2.02. The Kier molecular flexibility index (Phi) is 1.26. The quantitative estimate of drug-likeness (QED) is 0.552. The summed E-state index contributed by atoms with van der Waals surface area (Å²) in [4.78, 5) is 21.2. The van der Waals surface area contributed by atoms with Gasteiger partial charge in [0.2, 0.25) is 0 Å². The van der Waals surface area contributed by atoms with Crippen molar-refractivity contribution in [2.24, 2.45) is 0 Å². The van der Waals surface area contributed by atoms with Crippen LogP contribution in [0.2, 0.25) is 0 Å². The minimum absolute atomic E-state index is 0.306. The van der Waals surface area contributed by atoms with Crippen molar-refractivity contribution >= 4 is 20.6 Å². The highest BCUT2D eigenvalue weighted by atomic mass is 31.0. The smallest absolute Gasteiger partial charge is 0.300 e. The number of hydrogen-bond donors (Lipinski definition) is 1. The molecule has 1 unspecified atom stereocenters. The number of aromatic amines is 1. The Bertz CT molecular complexity index is 445. The molecular weight excluding hydrogens is 163 g/mol. The van der Waals surface area contributed by atoms with Gasteiger partial charge in [0, 0.05) is 0 Å². The SMILES string of the molecule is O=c1nc[nH]c2c1ncn2P. The molecule has 0 saturated heterocycles. The molecule has 0 aliphatic rings. The van der Waals surface area contributed by atoms with Crippen molar-refractivity contribution in [2.45, 2.75) is 0 Å². The van der Waals surface area contributed by atoms with Gasteiger partial charge in [0.15, 0.2) is 5.52 Å². The number of aromatic nitrogens is 4. The Labute approximate surface area is 63.7 Å². The van der Waals surface area contributed by atoms with Crippen LogP contribution in [0.3, 0.4) is 0 Å². The Morgan fingerprint density at radius 2 is 2.36 bits per heavy atom. The molecule has 2 rings (SSSR count). The number of nitrogens with zero attached hydrogens (tertiary/aromatic N) is 3. The highest BCUT2D eigenvalue weighted by molar-refractivity contribution is 7.14. The Morgan fingerprint density at radius 3 is 3.09 bits per heavy atom. The van der Waals surface area contributed by atoms with E-state index in [-0.39, 0.29) is 5.56 Å². The molecule has 1 atom stereocenters. The summed E-state index contributed by atoms with van der Waals surface area (Å²) in [5.41, 5.74) is 0.720. The van der Waals surface area contributed by atoms with Crippen LogP contribution in [-0.4, -0.2) is 19.3 Å². The Balaban J connectivity index is 3.06. The molecule has 0 aromatic carbocycles. The van der Waals surface area contributed by atoms with Crippen LogP contribution < -0.4 is 5.56 Å². The highest BCUT2D eigenvalue weighted by Crippen LogP contribution is 2.05. The lowest BCUT2D eigenvalue weighted by molar-refractivity contribution is 1.14. The minimum Gasteiger partial charge on any atom is -0.330 e. The normalized spacial score (nSPS) is 10.6. The second-order valence-electron chi connectivity index (χ2n) is 2.06. The molecule has 2 aromatic rings. The molecule has 1 N–H and O–H groups in total. The van der Waals surface area contributed by atoms with Crippen LogP contribution in [0.4, 0.5) is 0 Å². The molecule has 56 valence electrons. The molecule has 0 radical (unpaired) electrons. The maximum atomic E-state index is 11.0. The third-order valence-electron chi connectivity index (χ3n) is 1.38. The summed E-state index contributed by atoms with van der Waals surface area (Å²) in [5, 5.41) is 0. The molecule has 0 saturated carbocycles. The summed E-state index contributed by atoms with van der Waals surface area (Å²) < 4.78 is 1.65. The third-order valence-corrected chi connectivity index (χ3v) is 1.77. The van der Waals surface area contributed by atoms with E-state index in [0.717, 1.165) is 0 Å². The lowest BCUT2D eigenvalue weighted by atomic mass is 10.6. The summed E-state index contributed by atoms with van der Waals surface area (Å²) in [6, 6.07) is 0. The van der Waals surface area contributed by atoms with E-state index in [1.54, 1.807) is 4.34 Å². The predicted molar refractivity (Wildman–Crippen MR) is 43.3 cm³/mol. The van der Waals surface area contributed by atoms with E-state index in [0.29, 0.717) is 11.2 Å². The fraction of sp³-hybridized carbons (Fsp3) is 0. The van der Waals surface area contributed by atoms with Crippen molar-refractivity contribution in [1.29, 1.82) is 0 Å². The van der Waals surface area contributed by atoms with Crippen molar-refractivity contribution in [2.75, 3.05) is 0 Å². The minimum atomic E-state index is -0.306. The third kappa shape index (κ3) is 0.851. The molecule has 0 fully saturated rings. The van der Waals surface area contributed by atoms with Crippen LogP contribution in [-0.2, 0) is 0 Å². The van der Waals surface area contributed by atoms with Gasteiger partial charge < -0.3 is 9.32 Å². The number of nitrogens with one attached hydrogen (secondary N) is 1. The number of rotatable bonds is 0. The van der Waals surface area contributed by atoms with Gasteiger partial charge in [-0.1, -0.05) is 0 Å². The van der Waals surface area contributed by atoms with Gasteiger partial charge in [-0.3, -0.25) is 4.79 Å². The topological polar surface area (TPSA) is 63.6 Å². The summed E-state index contributed by atoms with van der Waals surface area (Å²) in [7, 11) is 2.41. The van der Waals surface area contributed by atoms with Crippen molar-refractivity contribution in [3.05, 3.63) is 23.0 Å². The largest absolute Gasteiger partial charge is 0.330 e. The van der Waals surface area contributed by atoms with Crippen molar-refractivity contribution in [3.8, 4) is 0 Å². The van der Waals surface area contributed by atoms with Gasteiger partial charge in [-0.25, -0.2) is 4.98 Å². The lowest BCUT2D eigenvalue weighted by Crippen LogP contribution is -2.05. The molecule has 0 spiro atoms. The van der Waals surface area contributed by atoms with Gasteiger partial charge in [0.05, 0.1) is 6.33 Å². The van der Waals surface area contributed by atoms with Crippen LogP contribution in [0.1, 0.15) is 0 Å². The second-order valence-corrected chi connectivity index (χ2v) is 2.61. The fourth-order valence-corrected chi connectivity index (χ4v) is 1.14. The van der Waals surface area contributed by atoms with E-state index < -0.39 is 0 Å². The van der Waals surface area contributed by atoms with Crippen molar-refractivity contribution in [1.82, 2.24) is 19.3 Å². The zero-order valence-corrected chi connectivity index (χ0v) is 6.64. The van der Waals surface area contributed by atoms with E-state index in [1.165, 1.54) is 12.7 Å². The van der Waals surface area contributed by atoms with Gasteiger partial charge in [-0.15, -0.1) is 0 Å². The Morgan fingerprint density at radius 1 is 1.55 bits per heavy atom. The van der Waals surface area contributed by atoms with Crippen LogP contribution in [0.25, 0.3) is 11.2 Å². The first-order valence-corrected chi connectivity index (χ1v) is 3.46. The van der Waals surface area contributed by atoms with Crippen LogP contribution >= 0.6 is 9.39 Å². The Hall–Kier alpha value is -1.22. The number of hydrogen-bond acceptors (Lipinski definition) is 3. The van der Waals surface area contributed by atoms with Crippen LogP contribution in [0, 0.1) is 0 Å². The zero-order chi connectivity index (χ0) is 7.84. The first kappa shape index (κ1) is 6.49. The molecule has 0 aliphatic carbocycles. The molecule has 0 bridgehead atoms. The monoisotopic (exact) mass is 168 g/mol. The number of fused-ring (bicyclic) bond motifs is 1. The average molecular weight is 168 g/mol. The summed E-state index contributed by atoms with van der Waals surface area (Å²) in [5.74, 6) is 0.